The smallest absolute Gasteiger partial charge is 0.257 e. The maximum absolute atomic E-state index is 12.6. The molecule has 34 heavy (non-hydrogen) atoms. The fraction of sp³-hybridized carbons (Fsp3) is 0.192. The molecule has 0 heterocycles. The lowest BCUT2D eigenvalue weighted by Gasteiger charge is -2.12. The van der Waals surface area contributed by atoms with E-state index in [0.717, 1.165) is 18.4 Å². The summed E-state index contributed by atoms with van der Waals surface area (Å²) in [5.74, 6) is 0.136. The average molecular weight is 540 g/mol. The Morgan fingerprint density at radius 2 is 1.71 bits per heavy atom. The van der Waals surface area contributed by atoms with E-state index in [9.17, 15) is 9.59 Å². The van der Waals surface area contributed by atoms with Gasteiger partial charge in [0.25, 0.3) is 11.8 Å². The van der Waals surface area contributed by atoms with Crippen molar-refractivity contribution in [1.29, 1.82) is 0 Å². The van der Waals surface area contributed by atoms with Crippen LogP contribution in [0.5, 0.6) is 5.75 Å². The Balaban J connectivity index is 1.54. The second-order valence-corrected chi connectivity index (χ2v) is 8.77. The second kappa shape index (κ2) is 12.9. The van der Waals surface area contributed by atoms with Crippen molar-refractivity contribution in [2.45, 2.75) is 26.3 Å². The van der Waals surface area contributed by atoms with Gasteiger partial charge in [-0.3, -0.25) is 14.9 Å². The molecule has 3 N–H and O–H groups in total. The summed E-state index contributed by atoms with van der Waals surface area (Å²) in [4.78, 5) is 25.1. The molecule has 0 unspecified atom stereocenters. The topological polar surface area (TPSA) is 79.5 Å². The van der Waals surface area contributed by atoms with Gasteiger partial charge in [-0.25, -0.2) is 0 Å². The van der Waals surface area contributed by atoms with Gasteiger partial charge in [0.15, 0.2) is 5.11 Å². The van der Waals surface area contributed by atoms with Gasteiger partial charge in [-0.1, -0.05) is 49.7 Å². The van der Waals surface area contributed by atoms with E-state index < -0.39 is 0 Å². The van der Waals surface area contributed by atoms with Crippen molar-refractivity contribution in [3.8, 4) is 5.75 Å². The summed E-state index contributed by atoms with van der Waals surface area (Å²) in [7, 11) is 0. The first-order valence-corrected chi connectivity index (χ1v) is 12.1. The van der Waals surface area contributed by atoms with E-state index in [-0.39, 0.29) is 16.9 Å². The summed E-state index contributed by atoms with van der Waals surface area (Å²) in [5.41, 5.74) is 2.53. The van der Waals surface area contributed by atoms with Gasteiger partial charge < -0.3 is 15.4 Å². The second-order valence-electron chi connectivity index (χ2n) is 7.50. The molecule has 3 rings (SSSR count). The van der Waals surface area contributed by atoms with Crippen LogP contribution >= 0.6 is 28.1 Å². The summed E-state index contributed by atoms with van der Waals surface area (Å²) in [5, 5.41) is 8.64. The van der Waals surface area contributed by atoms with Crippen molar-refractivity contribution in [3.05, 3.63) is 94.0 Å². The third-order valence-corrected chi connectivity index (χ3v) is 5.68. The van der Waals surface area contributed by atoms with Gasteiger partial charge in [0.05, 0.1) is 11.1 Å². The maximum atomic E-state index is 12.6. The molecule has 0 aliphatic heterocycles. The number of carbonyl (C=O) groups excluding carboxylic acids is 2. The van der Waals surface area contributed by atoms with Gasteiger partial charge in [0.1, 0.15) is 5.75 Å². The molecular weight excluding hydrogens is 514 g/mol. The molecule has 0 aliphatic rings. The molecule has 3 aromatic carbocycles. The number of hydrogen-bond acceptors (Lipinski definition) is 4. The quantitative estimate of drug-likeness (QED) is 0.240. The number of unbranched alkanes of at least 4 members (excludes halogenated alkanes) is 1. The van der Waals surface area contributed by atoms with E-state index in [1.54, 1.807) is 42.5 Å². The molecule has 3 aromatic rings. The van der Waals surface area contributed by atoms with Crippen LogP contribution in [-0.2, 0) is 6.54 Å². The van der Waals surface area contributed by atoms with Gasteiger partial charge in [-0.2, -0.15) is 0 Å². The molecule has 6 nitrogen and oxygen atoms in total. The predicted molar refractivity (Wildman–Crippen MR) is 142 cm³/mol. The molecule has 2 amide bonds. The van der Waals surface area contributed by atoms with Crippen molar-refractivity contribution in [1.82, 2.24) is 10.6 Å². The first kappa shape index (κ1) is 25.4. The minimum Gasteiger partial charge on any atom is -0.492 e. The number of halogens is 1. The summed E-state index contributed by atoms with van der Waals surface area (Å²) in [6.07, 6.45) is 2.01. The van der Waals surface area contributed by atoms with Crippen LogP contribution in [0.1, 0.15) is 46.0 Å². The highest BCUT2D eigenvalue weighted by Crippen LogP contribution is 2.26. The Kier molecular flexibility index (Phi) is 9.61. The lowest BCUT2D eigenvalue weighted by atomic mass is 10.1. The van der Waals surface area contributed by atoms with Crippen LogP contribution in [0.25, 0.3) is 0 Å². The Morgan fingerprint density at radius 3 is 2.44 bits per heavy atom. The largest absolute Gasteiger partial charge is 0.492 e. The molecule has 0 fully saturated rings. The van der Waals surface area contributed by atoms with E-state index in [1.807, 2.05) is 30.3 Å². The Hall–Kier alpha value is -3.23. The zero-order valence-corrected chi connectivity index (χ0v) is 21.2. The van der Waals surface area contributed by atoms with Gasteiger partial charge in [0, 0.05) is 23.4 Å². The van der Waals surface area contributed by atoms with Gasteiger partial charge in [-0.15, -0.1) is 0 Å². The fourth-order valence-corrected chi connectivity index (χ4v) is 3.75. The zero-order chi connectivity index (χ0) is 24.3. The number of hydrogen-bond donors (Lipinski definition) is 3. The number of anilines is 1. The fourth-order valence-electron chi connectivity index (χ4n) is 3.04. The SMILES string of the molecule is CCCCOc1ccc(C(=O)NC(=S)Nc2cccc(C(=O)NCc3ccccc3)c2)cc1Br. The number of rotatable bonds is 9. The van der Waals surface area contributed by atoms with Crippen molar-refractivity contribution in [2.75, 3.05) is 11.9 Å². The molecule has 0 aromatic heterocycles. The molecule has 0 spiro atoms. The highest BCUT2D eigenvalue weighted by atomic mass is 79.9. The Morgan fingerprint density at radius 1 is 0.941 bits per heavy atom. The van der Waals surface area contributed by atoms with Crippen molar-refractivity contribution in [2.24, 2.45) is 0 Å². The molecule has 0 atom stereocenters. The summed E-state index contributed by atoms with van der Waals surface area (Å²) in [6.45, 7) is 3.15. The van der Waals surface area contributed by atoms with Crippen LogP contribution in [-0.4, -0.2) is 23.5 Å². The predicted octanol–water partition coefficient (Wildman–Crippen LogP) is 5.68. The van der Waals surface area contributed by atoms with Gasteiger partial charge in [-0.05, 0) is 76.5 Å². The molecule has 0 radical (unpaired) electrons. The van der Waals surface area contributed by atoms with Crippen LogP contribution in [0.15, 0.2) is 77.3 Å². The molecule has 176 valence electrons. The van der Waals surface area contributed by atoms with Gasteiger partial charge in [0.2, 0.25) is 0 Å². The summed E-state index contributed by atoms with van der Waals surface area (Å²) in [6, 6.07) is 21.7. The van der Waals surface area contributed by atoms with Crippen LogP contribution in [0, 0.1) is 0 Å². The van der Waals surface area contributed by atoms with Crippen LogP contribution < -0.4 is 20.7 Å². The molecule has 0 saturated heterocycles. The molecule has 0 aliphatic carbocycles. The minimum atomic E-state index is -0.352. The number of amides is 2. The molecule has 8 heteroatoms. The zero-order valence-electron chi connectivity index (χ0n) is 18.8. The third-order valence-electron chi connectivity index (χ3n) is 4.86. The lowest BCUT2D eigenvalue weighted by Crippen LogP contribution is -2.34. The van der Waals surface area contributed by atoms with E-state index in [0.29, 0.717) is 40.2 Å². The molecular formula is C26H26BrN3O3S. The first-order valence-electron chi connectivity index (χ1n) is 10.9. The highest BCUT2D eigenvalue weighted by molar-refractivity contribution is 9.10. The highest BCUT2D eigenvalue weighted by Gasteiger charge is 2.12. The minimum absolute atomic E-state index is 0.131. The van der Waals surface area contributed by atoms with Crippen molar-refractivity contribution >= 4 is 50.8 Å². The maximum Gasteiger partial charge on any atom is 0.257 e. The Labute approximate surface area is 213 Å². The van der Waals surface area contributed by atoms with Crippen LogP contribution in [0.4, 0.5) is 5.69 Å². The van der Waals surface area contributed by atoms with E-state index in [4.69, 9.17) is 17.0 Å². The lowest BCUT2D eigenvalue weighted by molar-refractivity contribution is 0.0948. The van der Waals surface area contributed by atoms with E-state index >= 15 is 0 Å². The van der Waals surface area contributed by atoms with Crippen molar-refractivity contribution < 1.29 is 14.3 Å². The van der Waals surface area contributed by atoms with E-state index in [1.165, 1.54) is 0 Å². The molecule has 0 saturated carbocycles. The summed E-state index contributed by atoms with van der Waals surface area (Å²) < 4.78 is 6.39. The van der Waals surface area contributed by atoms with Crippen LogP contribution in [0.3, 0.4) is 0 Å². The first-order chi connectivity index (χ1) is 16.5. The molecule has 0 bridgehead atoms. The number of thiocarbonyl (C=S) groups is 1. The number of benzene rings is 3. The monoisotopic (exact) mass is 539 g/mol. The standard InChI is InChI=1S/C26H26BrN3O3S/c1-2-3-14-33-23-13-12-20(16-22(23)27)25(32)30-26(34)29-21-11-7-10-19(15-21)24(31)28-17-18-8-5-4-6-9-18/h4-13,15-16H,2-3,14,17H2,1H3,(H,28,31)(H2,29,30,32,34). The number of carbonyl (C=O) groups is 2. The number of nitrogens with one attached hydrogen (secondary N) is 3. The average Bonchev–Trinajstić information content (AvgIpc) is 2.84. The van der Waals surface area contributed by atoms with Gasteiger partial charge >= 0.3 is 0 Å². The van der Waals surface area contributed by atoms with Crippen molar-refractivity contribution in [3.63, 3.8) is 0 Å². The third kappa shape index (κ3) is 7.67. The van der Waals surface area contributed by atoms with E-state index in [2.05, 4.69) is 38.8 Å². The van der Waals surface area contributed by atoms with Crippen LogP contribution in [0.2, 0.25) is 0 Å². The normalized spacial score (nSPS) is 10.3. The Bertz CT molecular complexity index is 1160. The number of ether oxygens (including phenoxy) is 1. The summed E-state index contributed by atoms with van der Waals surface area (Å²) >= 11 is 8.73.